The highest BCUT2D eigenvalue weighted by molar-refractivity contribution is 7.87. The maximum Gasteiger partial charge on any atom is 0.339 e. The average Bonchev–Trinajstić information content (AvgIpc) is 2.77. The highest BCUT2D eigenvalue weighted by Crippen LogP contribution is 2.51. The second-order valence-corrected chi connectivity index (χ2v) is 14.3. The lowest BCUT2D eigenvalue weighted by atomic mass is 9.64. The summed E-state index contributed by atoms with van der Waals surface area (Å²) in [4.78, 5) is 26.9. The minimum atomic E-state index is -4.15. The zero-order chi connectivity index (χ0) is 27.6. The lowest BCUT2D eigenvalue weighted by Crippen LogP contribution is -2.42. The average molecular weight is 575 g/mol. The highest BCUT2D eigenvalue weighted by Gasteiger charge is 2.46. The van der Waals surface area contributed by atoms with E-state index in [1.165, 1.54) is 30.3 Å². The fourth-order valence-electron chi connectivity index (χ4n) is 5.75. The molecule has 1 N–H and O–H groups in total. The number of allylic oxidation sites excluding steroid dienone is 4. The fourth-order valence-corrected chi connectivity index (χ4v) is 7.10. The van der Waals surface area contributed by atoms with Gasteiger partial charge in [-0.2, -0.15) is 8.42 Å². The number of carbonyl (C=O) groups is 2. The van der Waals surface area contributed by atoms with Gasteiger partial charge in [-0.3, -0.25) is 9.59 Å². The van der Waals surface area contributed by atoms with Crippen LogP contribution in [0.5, 0.6) is 5.75 Å². The van der Waals surface area contributed by atoms with Crippen molar-refractivity contribution < 1.29 is 22.2 Å². The summed E-state index contributed by atoms with van der Waals surface area (Å²) in [6, 6.07) is 10.4. The zero-order valence-electron chi connectivity index (χ0n) is 21.7. The van der Waals surface area contributed by atoms with E-state index >= 15 is 0 Å². The summed E-state index contributed by atoms with van der Waals surface area (Å²) in [5.41, 5.74) is 3.12. The molecule has 0 fully saturated rings. The van der Waals surface area contributed by atoms with E-state index in [0.29, 0.717) is 47.4 Å². The van der Waals surface area contributed by atoms with Gasteiger partial charge in [0.05, 0.1) is 5.02 Å². The van der Waals surface area contributed by atoms with E-state index in [1.54, 1.807) is 12.1 Å². The number of carbonyl (C=O) groups excluding carboxylic acids is 2. The van der Waals surface area contributed by atoms with E-state index in [4.69, 9.17) is 27.4 Å². The van der Waals surface area contributed by atoms with Gasteiger partial charge < -0.3 is 9.50 Å². The number of hydrogen-bond acceptors (Lipinski definition) is 6. The number of halogens is 2. The summed E-state index contributed by atoms with van der Waals surface area (Å²) in [6.45, 7) is 8.26. The predicted molar refractivity (Wildman–Crippen MR) is 147 cm³/mol. The van der Waals surface area contributed by atoms with Gasteiger partial charge >= 0.3 is 10.1 Å². The van der Waals surface area contributed by atoms with Gasteiger partial charge in [0.15, 0.2) is 17.3 Å². The minimum Gasteiger partial charge on any atom is -0.377 e. The molecule has 6 nitrogen and oxygen atoms in total. The van der Waals surface area contributed by atoms with Gasteiger partial charge in [-0.05, 0) is 65.6 Å². The Kier molecular flexibility index (Phi) is 6.56. The van der Waals surface area contributed by atoms with Crippen LogP contribution in [0.1, 0.15) is 64.9 Å². The van der Waals surface area contributed by atoms with Crippen LogP contribution < -0.4 is 9.50 Å². The third-order valence-corrected chi connectivity index (χ3v) is 9.11. The molecule has 0 spiro atoms. The molecule has 38 heavy (non-hydrogen) atoms. The number of benzene rings is 2. The van der Waals surface area contributed by atoms with Crippen molar-refractivity contribution in [3.05, 3.63) is 80.6 Å². The molecule has 0 bridgehead atoms. The Morgan fingerprint density at radius 1 is 0.816 bits per heavy atom. The topological polar surface area (TPSA) is 89.5 Å². The first-order valence-corrected chi connectivity index (χ1v) is 14.6. The molecule has 0 aromatic heterocycles. The molecule has 1 heterocycles. The molecule has 2 aromatic rings. The second-order valence-electron chi connectivity index (χ2n) is 11.9. The van der Waals surface area contributed by atoms with Crippen LogP contribution in [-0.2, 0) is 19.7 Å². The summed E-state index contributed by atoms with van der Waals surface area (Å²) in [5.74, 6) is -0.623. The quantitative estimate of drug-likeness (QED) is 0.407. The van der Waals surface area contributed by atoms with Crippen molar-refractivity contribution in [3.63, 3.8) is 0 Å². The van der Waals surface area contributed by atoms with Crippen molar-refractivity contribution in [2.24, 2.45) is 10.8 Å². The molecule has 1 aliphatic heterocycles. The number of ketones is 2. The standard InChI is InChI=1S/C29H29Cl2NO5S/c1-28(2)12-20-26(22(33)14-28)25(27-21(32-20)13-29(3,4)15-23(27)34)16-5-10-24(19(31)11-16)37-38(35,36)18-8-6-17(30)7-9-18/h5-11,25,32H,12-15H2,1-4H3. The van der Waals surface area contributed by atoms with E-state index in [-0.39, 0.29) is 38.1 Å². The molecule has 2 aliphatic carbocycles. The molecule has 0 radical (unpaired) electrons. The maximum atomic E-state index is 13.5. The molecule has 0 saturated carbocycles. The Bertz CT molecular complexity index is 1480. The van der Waals surface area contributed by atoms with Crippen LogP contribution in [-0.4, -0.2) is 20.0 Å². The van der Waals surface area contributed by atoms with Crippen LogP contribution in [0.15, 0.2) is 69.9 Å². The normalized spacial score (nSPS) is 21.1. The Balaban J connectivity index is 1.57. The monoisotopic (exact) mass is 573 g/mol. The lowest BCUT2D eigenvalue weighted by molar-refractivity contribution is -0.119. The molecule has 0 atom stereocenters. The number of dihydropyridines is 1. The van der Waals surface area contributed by atoms with Crippen LogP contribution in [0.4, 0.5) is 0 Å². The van der Waals surface area contributed by atoms with Gasteiger partial charge in [-0.1, -0.05) is 57.0 Å². The molecular weight excluding hydrogens is 545 g/mol. The molecule has 3 aliphatic rings. The molecule has 0 amide bonds. The van der Waals surface area contributed by atoms with Gasteiger partial charge in [0.25, 0.3) is 0 Å². The van der Waals surface area contributed by atoms with Crippen molar-refractivity contribution >= 4 is 44.9 Å². The van der Waals surface area contributed by atoms with Crippen LogP contribution >= 0.6 is 23.2 Å². The van der Waals surface area contributed by atoms with Crippen LogP contribution in [0.3, 0.4) is 0 Å². The largest absolute Gasteiger partial charge is 0.377 e. The first-order chi connectivity index (χ1) is 17.7. The number of rotatable bonds is 4. The Labute approximate surface area is 233 Å². The first kappa shape index (κ1) is 27.0. The van der Waals surface area contributed by atoms with Crippen LogP contribution in [0.2, 0.25) is 10.0 Å². The summed E-state index contributed by atoms with van der Waals surface area (Å²) >= 11 is 12.4. The summed E-state index contributed by atoms with van der Waals surface area (Å²) < 4.78 is 30.9. The van der Waals surface area contributed by atoms with Gasteiger partial charge in [-0.25, -0.2) is 0 Å². The second kappa shape index (κ2) is 9.25. The van der Waals surface area contributed by atoms with Gasteiger partial charge in [0.2, 0.25) is 0 Å². The van der Waals surface area contributed by atoms with Crippen molar-refractivity contribution in [2.45, 2.75) is 64.2 Å². The van der Waals surface area contributed by atoms with E-state index in [9.17, 15) is 18.0 Å². The predicted octanol–water partition coefficient (Wildman–Crippen LogP) is 6.73. The van der Waals surface area contributed by atoms with Gasteiger partial charge in [0, 0.05) is 46.3 Å². The van der Waals surface area contributed by atoms with Crippen molar-refractivity contribution in [1.82, 2.24) is 5.32 Å². The molecule has 5 rings (SSSR count). The zero-order valence-corrected chi connectivity index (χ0v) is 24.0. The minimum absolute atomic E-state index is 0.000279. The van der Waals surface area contributed by atoms with Gasteiger partial charge in [0.1, 0.15) is 4.90 Å². The van der Waals surface area contributed by atoms with E-state index in [1.807, 2.05) is 0 Å². The van der Waals surface area contributed by atoms with Crippen molar-refractivity contribution in [3.8, 4) is 5.75 Å². The molecule has 2 aromatic carbocycles. The van der Waals surface area contributed by atoms with E-state index < -0.39 is 16.0 Å². The molecule has 9 heteroatoms. The third kappa shape index (κ3) is 5.04. The Morgan fingerprint density at radius 2 is 1.34 bits per heavy atom. The van der Waals surface area contributed by atoms with E-state index in [0.717, 1.165) is 11.4 Å². The molecule has 0 saturated heterocycles. The smallest absolute Gasteiger partial charge is 0.339 e. The molecule has 200 valence electrons. The Hall–Kier alpha value is -2.61. The molecular formula is C29H29Cl2NO5S. The summed E-state index contributed by atoms with van der Waals surface area (Å²) in [7, 11) is -4.15. The SMILES string of the molecule is CC1(C)CC(=O)C2=C(C1)NC1=C(C(=O)CC(C)(C)C1)C2c1ccc(OS(=O)(=O)c2ccc(Cl)cc2)c(Cl)c1. The maximum absolute atomic E-state index is 13.5. The number of nitrogens with one attached hydrogen (secondary N) is 1. The van der Waals surface area contributed by atoms with Crippen molar-refractivity contribution in [1.29, 1.82) is 0 Å². The van der Waals surface area contributed by atoms with E-state index in [2.05, 4.69) is 33.0 Å². The highest BCUT2D eigenvalue weighted by atomic mass is 35.5. The lowest BCUT2D eigenvalue weighted by Gasteiger charge is -2.44. The summed E-state index contributed by atoms with van der Waals surface area (Å²) in [5, 5.41) is 3.94. The number of hydrogen-bond donors (Lipinski definition) is 1. The Morgan fingerprint density at radius 3 is 1.84 bits per heavy atom. The first-order valence-electron chi connectivity index (χ1n) is 12.4. The fraction of sp³-hybridized carbons (Fsp3) is 0.379. The van der Waals surface area contributed by atoms with Gasteiger partial charge in [-0.15, -0.1) is 0 Å². The van der Waals surface area contributed by atoms with Crippen molar-refractivity contribution in [2.75, 3.05) is 0 Å². The third-order valence-electron chi connectivity index (χ3n) is 7.31. The summed E-state index contributed by atoms with van der Waals surface area (Å²) in [6.07, 6.45) is 2.12. The van der Waals surface area contributed by atoms with Crippen LogP contribution in [0, 0.1) is 10.8 Å². The van der Waals surface area contributed by atoms with Crippen LogP contribution in [0.25, 0.3) is 0 Å². The number of Topliss-reactive ketones (excluding diaryl/α,β-unsaturated/α-hetero) is 2. The molecule has 0 unspecified atom stereocenters.